The van der Waals surface area contributed by atoms with E-state index in [1.165, 1.54) is 10.4 Å². The van der Waals surface area contributed by atoms with Gasteiger partial charge >= 0.3 is 0 Å². The van der Waals surface area contributed by atoms with E-state index in [0.717, 1.165) is 38.3 Å². The molecule has 0 bridgehead atoms. The number of hydrogen-bond donors (Lipinski definition) is 0. The third-order valence-electron chi connectivity index (χ3n) is 4.68. The van der Waals surface area contributed by atoms with E-state index in [0.29, 0.717) is 6.42 Å². The van der Waals surface area contributed by atoms with Crippen LogP contribution in [0.2, 0.25) is 0 Å². The van der Waals surface area contributed by atoms with Crippen LogP contribution in [-0.2, 0) is 11.2 Å². The van der Waals surface area contributed by atoms with Gasteiger partial charge in [0.15, 0.2) is 5.78 Å². The summed E-state index contributed by atoms with van der Waals surface area (Å²) in [7, 11) is 0. The van der Waals surface area contributed by atoms with Gasteiger partial charge in [0.2, 0.25) is 0 Å². The van der Waals surface area contributed by atoms with Crippen LogP contribution in [0.5, 0.6) is 0 Å². The lowest BCUT2D eigenvalue weighted by Gasteiger charge is -2.40. The molecule has 0 unspecified atom stereocenters. The summed E-state index contributed by atoms with van der Waals surface area (Å²) in [4.78, 5) is 15.1. The first-order valence-electron chi connectivity index (χ1n) is 9.37. The Morgan fingerprint density at radius 1 is 1.19 bits per heavy atom. The quantitative estimate of drug-likeness (QED) is 0.692. The second-order valence-corrected chi connectivity index (χ2v) is 8.32. The van der Waals surface area contributed by atoms with Gasteiger partial charge in [-0.3, -0.25) is 9.69 Å². The summed E-state index contributed by atoms with van der Waals surface area (Å²) in [6, 6.07) is 11.7. The van der Waals surface area contributed by atoms with E-state index in [2.05, 4.69) is 37.1 Å². The van der Waals surface area contributed by atoms with Gasteiger partial charge in [-0.15, -0.1) is 11.3 Å². The van der Waals surface area contributed by atoms with Crippen molar-refractivity contribution in [2.24, 2.45) is 0 Å². The van der Waals surface area contributed by atoms with Crippen LogP contribution >= 0.6 is 11.3 Å². The lowest BCUT2D eigenvalue weighted by atomic mass is 9.96. The first-order valence-corrected chi connectivity index (χ1v) is 10.3. The Bertz CT molecular complexity index is 672. The standard InChI is InChI=1S/C13H21NOS.C9H10O/c1-11-8-12(16-10-11)9-13(2,3)14-4-6-15-7-5-14;1-2-9(10)8-6-4-3-5-7-8/h8,10H,4-7,9H2,1-3H3;3-7H,2H2,1H3. The Labute approximate surface area is 162 Å². The lowest BCUT2D eigenvalue weighted by molar-refractivity contribution is -0.00960. The molecule has 1 saturated heterocycles. The summed E-state index contributed by atoms with van der Waals surface area (Å²) in [5, 5.41) is 2.24. The Kier molecular flexibility index (Phi) is 8.01. The highest BCUT2D eigenvalue weighted by Crippen LogP contribution is 2.25. The summed E-state index contributed by atoms with van der Waals surface area (Å²) in [6.07, 6.45) is 1.73. The van der Waals surface area contributed by atoms with Crippen LogP contribution in [0.15, 0.2) is 41.8 Å². The minimum atomic E-state index is 0.209. The molecule has 0 amide bonds. The molecule has 26 heavy (non-hydrogen) atoms. The van der Waals surface area contributed by atoms with Crippen LogP contribution in [0.4, 0.5) is 0 Å². The zero-order valence-electron chi connectivity index (χ0n) is 16.5. The van der Waals surface area contributed by atoms with Crippen molar-refractivity contribution in [3.63, 3.8) is 0 Å². The van der Waals surface area contributed by atoms with Gasteiger partial charge in [-0.05, 0) is 44.2 Å². The molecule has 0 atom stereocenters. The highest BCUT2D eigenvalue weighted by molar-refractivity contribution is 7.10. The average molecular weight is 374 g/mol. The van der Waals surface area contributed by atoms with Crippen molar-refractivity contribution in [2.45, 2.75) is 46.1 Å². The van der Waals surface area contributed by atoms with E-state index < -0.39 is 0 Å². The van der Waals surface area contributed by atoms with Crippen LogP contribution < -0.4 is 0 Å². The zero-order chi connectivity index (χ0) is 19.0. The Morgan fingerprint density at radius 3 is 2.38 bits per heavy atom. The maximum atomic E-state index is 11.0. The highest BCUT2D eigenvalue weighted by Gasteiger charge is 2.28. The third kappa shape index (κ3) is 6.35. The number of morpholine rings is 1. The molecule has 1 aliphatic rings. The zero-order valence-corrected chi connectivity index (χ0v) is 17.3. The molecule has 0 N–H and O–H groups in total. The van der Waals surface area contributed by atoms with E-state index in [4.69, 9.17) is 4.74 Å². The van der Waals surface area contributed by atoms with Gasteiger partial charge in [0.25, 0.3) is 0 Å². The van der Waals surface area contributed by atoms with E-state index in [-0.39, 0.29) is 11.3 Å². The fourth-order valence-corrected chi connectivity index (χ4v) is 4.21. The SMILES string of the molecule is CCC(=O)c1ccccc1.Cc1csc(CC(C)(C)N2CCOCC2)c1. The molecule has 1 aromatic carbocycles. The maximum Gasteiger partial charge on any atom is 0.162 e. The predicted octanol–water partition coefficient (Wildman–Crippen LogP) is 4.99. The largest absolute Gasteiger partial charge is 0.379 e. The highest BCUT2D eigenvalue weighted by atomic mass is 32.1. The van der Waals surface area contributed by atoms with Crippen molar-refractivity contribution in [3.8, 4) is 0 Å². The van der Waals surface area contributed by atoms with Gasteiger partial charge in [-0.2, -0.15) is 0 Å². The number of thiophene rings is 1. The number of hydrogen-bond acceptors (Lipinski definition) is 4. The van der Waals surface area contributed by atoms with Crippen LogP contribution in [0.3, 0.4) is 0 Å². The Balaban J connectivity index is 0.000000209. The van der Waals surface area contributed by atoms with E-state index in [1.807, 2.05) is 48.6 Å². The van der Waals surface area contributed by atoms with Crippen LogP contribution in [0.25, 0.3) is 0 Å². The van der Waals surface area contributed by atoms with Crippen LogP contribution in [-0.4, -0.2) is 42.5 Å². The van der Waals surface area contributed by atoms with Gasteiger partial charge in [0.05, 0.1) is 13.2 Å². The first kappa shape index (κ1) is 20.8. The summed E-state index contributed by atoms with van der Waals surface area (Å²) in [6.45, 7) is 12.6. The molecule has 1 aliphatic heterocycles. The summed E-state index contributed by atoms with van der Waals surface area (Å²) < 4.78 is 5.41. The molecule has 2 heterocycles. The topological polar surface area (TPSA) is 29.5 Å². The lowest BCUT2D eigenvalue weighted by Crippen LogP contribution is -2.50. The molecule has 3 rings (SSSR count). The first-order chi connectivity index (χ1) is 12.4. The van der Waals surface area contributed by atoms with Crippen molar-refractivity contribution >= 4 is 17.1 Å². The smallest absolute Gasteiger partial charge is 0.162 e. The van der Waals surface area contributed by atoms with Crippen molar-refractivity contribution < 1.29 is 9.53 Å². The van der Waals surface area contributed by atoms with Crippen molar-refractivity contribution in [3.05, 3.63) is 57.8 Å². The summed E-state index contributed by atoms with van der Waals surface area (Å²) in [5.41, 5.74) is 2.45. The molecular weight excluding hydrogens is 342 g/mol. The normalized spacial score (nSPS) is 15.2. The fourth-order valence-electron chi connectivity index (χ4n) is 3.12. The molecule has 4 heteroatoms. The van der Waals surface area contributed by atoms with Crippen LogP contribution in [0.1, 0.15) is 48.0 Å². The average Bonchev–Trinajstić information content (AvgIpc) is 3.07. The number of benzene rings is 1. The number of nitrogens with zero attached hydrogens (tertiary/aromatic N) is 1. The molecule has 0 spiro atoms. The van der Waals surface area contributed by atoms with E-state index >= 15 is 0 Å². The molecule has 1 fully saturated rings. The third-order valence-corrected chi connectivity index (χ3v) is 5.73. The summed E-state index contributed by atoms with van der Waals surface area (Å²) >= 11 is 1.88. The van der Waals surface area contributed by atoms with Crippen molar-refractivity contribution in [1.82, 2.24) is 4.90 Å². The molecule has 3 nitrogen and oxygen atoms in total. The number of aryl methyl sites for hydroxylation is 1. The number of ketones is 1. The minimum absolute atomic E-state index is 0.209. The van der Waals surface area contributed by atoms with Gasteiger partial charge in [0, 0.05) is 35.5 Å². The van der Waals surface area contributed by atoms with E-state index in [9.17, 15) is 4.79 Å². The monoisotopic (exact) mass is 373 g/mol. The second kappa shape index (κ2) is 10.0. The fraction of sp³-hybridized carbons (Fsp3) is 0.500. The second-order valence-electron chi connectivity index (χ2n) is 7.32. The molecule has 2 aromatic rings. The predicted molar refractivity (Wildman–Crippen MR) is 110 cm³/mol. The minimum Gasteiger partial charge on any atom is -0.379 e. The number of ether oxygens (including phenoxy) is 1. The van der Waals surface area contributed by atoms with Gasteiger partial charge in [-0.25, -0.2) is 0 Å². The molecule has 0 saturated carbocycles. The molecule has 1 aromatic heterocycles. The molecule has 0 aliphatic carbocycles. The Hall–Kier alpha value is -1.49. The Morgan fingerprint density at radius 2 is 1.85 bits per heavy atom. The van der Waals surface area contributed by atoms with Crippen LogP contribution in [0, 0.1) is 6.92 Å². The van der Waals surface area contributed by atoms with Crippen molar-refractivity contribution in [2.75, 3.05) is 26.3 Å². The maximum absolute atomic E-state index is 11.0. The number of Topliss-reactive ketones (excluding diaryl/α,β-unsaturated/α-hetero) is 1. The summed E-state index contributed by atoms with van der Waals surface area (Å²) in [5.74, 6) is 0.209. The number of carbonyl (C=O) groups excluding carboxylic acids is 1. The number of rotatable bonds is 5. The van der Waals surface area contributed by atoms with Gasteiger partial charge in [0.1, 0.15) is 0 Å². The van der Waals surface area contributed by atoms with Gasteiger partial charge < -0.3 is 4.74 Å². The number of carbonyl (C=O) groups is 1. The van der Waals surface area contributed by atoms with Crippen molar-refractivity contribution in [1.29, 1.82) is 0 Å². The van der Waals surface area contributed by atoms with E-state index in [1.54, 1.807) is 0 Å². The van der Waals surface area contributed by atoms with Gasteiger partial charge in [-0.1, -0.05) is 37.3 Å². The molecule has 142 valence electrons. The molecular formula is C22H31NO2S. The molecule has 0 radical (unpaired) electrons.